The minimum Gasteiger partial charge on any atom is -0.377 e. The smallest absolute Gasteiger partial charge is 0.377 e. The van der Waals surface area contributed by atoms with E-state index < -0.39 is 8.80 Å². The second-order valence-corrected chi connectivity index (χ2v) is 7.91. The summed E-state index contributed by atoms with van der Waals surface area (Å²) < 4.78 is 16.3. The maximum Gasteiger partial charge on any atom is 0.500 e. The molecule has 0 bridgehead atoms. The first kappa shape index (κ1) is 15.1. The van der Waals surface area contributed by atoms with Gasteiger partial charge in [-0.1, -0.05) is 6.42 Å². The quantitative estimate of drug-likeness (QED) is 0.657. The average Bonchev–Trinajstić information content (AvgIpc) is 2.37. The molecule has 1 unspecified atom stereocenters. The lowest BCUT2D eigenvalue weighted by atomic mass is 9.99. The summed E-state index contributed by atoms with van der Waals surface area (Å²) >= 11 is 0. The molecular formula is C12H27NO3Si. The van der Waals surface area contributed by atoms with Crippen molar-refractivity contribution in [1.29, 1.82) is 0 Å². The first-order chi connectivity index (χ1) is 8.17. The van der Waals surface area contributed by atoms with E-state index in [-0.39, 0.29) is 0 Å². The summed E-state index contributed by atoms with van der Waals surface area (Å²) in [7, 11) is 4.95. The minimum atomic E-state index is -2.34. The van der Waals surface area contributed by atoms with Crippen LogP contribution in [0.2, 0.25) is 6.04 Å². The summed E-state index contributed by atoms with van der Waals surface area (Å²) in [4.78, 5) is 2.49. The maximum absolute atomic E-state index is 5.43. The van der Waals surface area contributed by atoms with Crippen LogP contribution in [0.15, 0.2) is 0 Å². The van der Waals surface area contributed by atoms with E-state index in [9.17, 15) is 0 Å². The van der Waals surface area contributed by atoms with Crippen molar-refractivity contribution >= 4 is 8.80 Å². The third-order valence-electron chi connectivity index (χ3n) is 3.87. The van der Waals surface area contributed by atoms with Crippen LogP contribution >= 0.6 is 0 Å². The molecule has 102 valence electrons. The van der Waals surface area contributed by atoms with E-state index in [4.69, 9.17) is 13.3 Å². The topological polar surface area (TPSA) is 30.9 Å². The summed E-state index contributed by atoms with van der Waals surface area (Å²) in [5.74, 6) is 0. The van der Waals surface area contributed by atoms with E-state index in [2.05, 4.69) is 11.9 Å². The zero-order valence-corrected chi connectivity index (χ0v) is 12.7. The molecule has 0 spiro atoms. The standard InChI is InChI=1S/C12H27NO3Si/c1-13-10-6-5-8-12(13)9-7-11-17(14-2,15-3)16-4/h12H,5-11H2,1-4H3. The van der Waals surface area contributed by atoms with E-state index in [1.54, 1.807) is 21.3 Å². The molecule has 0 amide bonds. The molecule has 0 N–H and O–H groups in total. The molecule has 17 heavy (non-hydrogen) atoms. The van der Waals surface area contributed by atoms with Gasteiger partial charge in [0.1, 0.15) is 0 Å². The second kappa shape index (κ2) is 7.48. The zero-order chi connectivity index (χ0) is 12.7. The van der Waals surface area contributed by atoms with Crippen molar-refractivity contribution in [3.63, 3.8) is 0 Å². The molecule has 1 rings (SSSR count). The Morgan fingerprint density at radius 2 is 1.76 bits per heavy atom. The van der Waals surface area contributed by atoms with Crippen LogP contribution in [0.4, 0.5) is 0 Å². The van der Waals surface area contributed by atoms with Crippen LogP contribution in [0.1, 0.15) is 32.1 Å². The number of piperidine rings is 1. The number of hydrogen-bond donors (Lipinski definition) is 0. The van der Waals surface area contributed by atoms with Gasteiger partial charge in [-0.25, -0.2) is 0 Å². The molecular weight excluding hydrogens is 234 g/mol. The van der Waals surface area contributed by atoms with Gasteiger partial charge in [-0.2, -0.15) is 0 Å². The minimum absolute atomic E-state index is 0.737. The van der Waals surface area contributed by atoms with E-state index in [0.717, 1.165) is 18.5 Å². The van der Waals surface area contributed by atoms with Crippen molar-refractivity contribution in [3.8, 4) is 0 Å². The first-order valence-corrected chi connectivity index (χ1v) is 8.46. The molecule has 0 aromatic rings. The van der Waals surface area contributed by atoms with Gasteiger partial charge < -0.3 is 18.2 Å². The predicted molar refractivity (Wildman–Crippen MR) is 71.1 cm³/mol. The lowest BCUT2D eigenvalue weighted by Gasteiger charge is -2.33. The Kier molecular flexibility index (Phi) is 6.65. The van der Waals surface area contributed by atoms with Gasteiger partial charge in [-0.05, 0) is 39.3 Å². The molecule has 0 aromatic heterocycles. The van der Waals surface area contributed by atoms with E-state index in [1.807, 2.05) is 0 Å². The average molecular weight is 261 g/mol. The van der Waals surface area contributed by atoms with E-state index in [1.165, 1.54) is 32.2 Å². The summed E-state index contributed by atoms with van der Waals surface area (Å²) in [5, 5.41) is 0. The van der Waals surface area contributed by atoms with Gasteiger partial charge in [-0.3, -0.25) is 0 Å². The SMILES string of the molecule is CO[Si](CCCC1CCCCN1C)(OC)OC. The summed E-state index contributed by atoms with van der Waals surface area (Å²) in [6.45, 7) is 1.24. The van der Waals surface area contributed by atoms with Gasteiger partial charge in [0, 0.05) is 33.4 Å². The normalized spacial score (nSPS) is 22.9. The Labute approximate surface area is 107 Å². The highest BCUT2D eigenvalue weighted by Crippen LogP contribution is 2.23. The Morgan fingerprint density at radius 1 is 1.12 bits per heavy atom. The van der Waals surface area contributed by atoms with Crippen molar-refractivity contribution in [1.82, 2.24) is 4.90 Å². The van der Waals surface area contributed by atoms with Gasteiger partial charge in [-0.15, -0.1) is 0 Å². The molecule has 1 heterocycles. The molecule has 4 nitrogen and oxygen atoms in total. The highest BCUT2D eigenvalue weighted by atomic mass is 28.4. The molecule has 1 fully saturated rings. The van der Waals surface area contributed by atoms with Crippen LogP contribution in [0.3, 0.4) is 0 Å². The zero-order valence-electron chi connectivity index (χ0n) is 11.7. The summed E-state index contributed by atoms with van der Waals surface area (Å²) in [6, 6.07) is 1.65. The Hall–Kier alpha value is 0.0569. The molecule has 0 aliphatic carbocycles. The molecule has 1 atom stereocenters. The number of rotatable bonds is 7. The van der Waals surface area contributed by atoms with E-state index in [0.29, 0.717) is 0 Å². The molecule has 1 aliphatic rings. The van der Waals surface area contributed by atoms with Gasteiger partial charge in [0.05, 0.1) is 0 Å². The van der Waals surface area contributed by atoms with E-state index >= 15 is 0 Å². The molecule has 5 heteroatoms. The van der Waals surface area contributed by atoms with Gasteiger partial charge in [0.2, 0.25) is 0 Å². The van der Waals surface area contributed by atoms with Crippen LogP contribution in [-0.4, -0.2) is 54.7 Å². The van der Waals surface area contributed by atoms with Crippen molar-refractivity contribution in [3.05, 3.63) is 0 Å². The monoisotopic (exact) mass is 261 g/mol. The number of likely N-dealkylation sites (tertiary alicyclic amines) is 1. The maximum atomic E-state index is 5.43. The van der Waals surface area contributed by atoms with Crippen molar-refractivity contribution in [2.24, 2.45) is 0 Å². The Morgan fingerprint density at radius 3 is 2.29 bits per heavy atom. The van der Waals surface area contributed by atoms with Crippen molar-refractivity contribution < 1.29 is 13.3 Å². The second-order valence-electron chi connectivity index (χ2n) is 4.82. The van der Waals surface area contributed by atoms with Crippen LogP contribution in [0, 0.1) is 0 Å². The third kappa shape index (κ3) is 4.33. The number of hydrogen-bond acceptors (Lipinski definition) is 4. The predicted octanol–water partition coefficient (Wildman–Crippen LogP) is 2.13. The fourth-order valence-electron chi connectivity index (χ4n) is 2.62. The Bertz CT molecular complexity index is 204. The van der Waals surface area contributed by atoms with Crippen molar-refractivity contribution in [2.45, 2.75) is 44.2 Å². The van der Waals surface area contributed by atoms with Crippen LogP contribution in [0.5, 0.6) is 0 Å². The lowest BCUT2D eigenvalue weighted by molar-refractivity contribution is 0.120. The lowest BCUT2D eigenvalue weighted by Crippen LogP contribution is -2.43. The number of nitrogens with zero attached hydrogens (tertiary/aromatic N) is 1. The molecule has 1 aliphatic heterocycles. The highest BCUT2D eigenvalue weighted by molar-refractivity contribution is 6.60. The molecule has 0 radical (unpaired) electrons. The first-order valence-electron chi connectivity index (χ1n) is 6.53. The molecule has 1 saturated heterocycles. The van der Waals surface area contributed by atoms with Crippen molar-refractivity contribution in [2.75, 3.05) is 34.9 Å². The highest BCUT2D eigenvalue weighted by Gasteiger charge is 2.37. The molecule has 0 saturated carbocycles. The fraction of sp³-hybridized carbons (Fsp3) is 1.00. The van der Waals surface area contributed by atoms with Gasteiger partial charge in [0.25, 0.3) is 0 Å². The third-order valence-corrected chi connectivity index (χ3v) is 6.71. The fourth-order valence-corrected chi connectivity index (χ4v) is 4.37. The Balaban J connectivity index is 2.30. The van der Waals surface area contributed by atoms with Crippen LogP contribution < -0.4 is 0 Å². The summed E-state index contributed by atoms with van der Waals surface area (Å²) in [6.07, 6.45) is 6.40. The van der Waals surface area contributed by atoms with Gasteiger partial charge >= 0.3 is 8.80 Å². The van der Waals surface area contributed by atoms with Crippen LogP contribution in [-0.2, 0) is 13.3 Å². The summed E-state index contributed by atoms with van der Waals surface area (Å²) in [5.41, 5.74) is 0. The largest absolute Gasteiger partial charge is 0.500 e. The van der Waals surface area contributed by atoms with Crippen LogP contribution in [0.25, 0.3) is 0 Å². The van der Waals surface area contributed by atoms with Gasteiger partial charge in [0.15, 0.2) is 0 Å². The molecule has 0 aromatic carbocycles.